The van der Waals surface area contributed by atoms with E-state index in [1.807, 2.05) is 0 Å². The van der Waals surface area contributed by atoms with E-state index in [9.17, 15) is 0 Å². The highest BCUT2D eigenvalue weighted by Crippen LogP contribution is 2.01. The van der Waals surface area contributed by atoms with Gasteiger partial charge in [-0.15, -0.1) is 0 Å². The van der Waals surface area contributed by atoms with Crippen LogP contribution in [0.25, 0.3) is 0 Å². The predicted octanol–water partition coefficient (Wildman–Crippen LogP) is 0.825. The van der Waals surface area contributed by atoms with Crippen LogP contribution in [-0.4, -0.2) is 25.0 Å². The minimum absolute atomic E-state index is 0. The van der Waals surface area contributed by atoms with Gasteiger partial charge in [0.2, 0.25) is 0 Å². The first-order valence-corrected chi connectivity index (χ1v) is 2.58. The molecule has 0 N–H and O–H groups in total. The van der Waals surface area contributed by atoms with Gasteiger partial charge in [-0.05, 0) is 33.0 Å². The molecule has 0 spiro atoms. The van der Waals surface area contributed by atoms with Crippen LogP contribution in [0.3, 0.4) is 0 Å². The van der Waals surface area contributed by atoms with Gasteiger partial charge in [0.15, 0.2) is 0 Å². The van der Waals surface area contributed by atoms with Crippen molar-refractivity contribution >= 4 is 13.5 Å². The molecular formula is C5H13NS. The highest BCUT2D eigenvalue weighted by Gasteiger charge is 2.03. The normalized spacial score (nSPS) is 21.9. The minimum atomic E-state index is 0. The number of hydrogen-bond donors (Lipinski definition) is 0. The molecule has 0 aromatic carbocycles. The lowest BCUT2D eigenvalue weighted by Crippen LogP contribution is -2.10. The Morgan fingerprint density at radius 1 is 1.14 bits per heavy atom. The quantitative estimate of drug-likeness (QED) is 0.456. The van der Waals surface area contributed by atoms with Crippen LogP contribution in [-0.2, 0) is 0 Å². The molecule has 0 aliphatic carbocycles. The van der Waals surface area contributed by atoms with Gasteiger partial charge in [0.05, 0.1) is 0 Å². The molecule has 1 aliphatic rings. The van der Waals surface area contributed by atoms with Gasteiger partial charge in [0.25, 0.3) is 0 Å². The summed E-state index contributed by atoms with van der Waals surface area (Å²) < 4.78 is 0. The smallest absolute Gasteiger partial charge is 0.00213 e. The molecule has 1 heterocycles. The molecule has 0 aromatic heterocycles. The number of rotatable bonds is 0. The topological polar surface area (TPSA) is 3.24 Å². The van der Waals surface area contributed by atoms with Crippen molar-refractivity contribution in [2.24, 2.45) is 0 Å². The molecule has 1 fully saturated rings. The van der Waals surface area contributed by atoms with Crippen molar-refractivity contribution in [3.8, 4) is 0 Å². The first-order valence-electron chi connectivity index (χ1n) is 2.58. The van der Waals surface area contributed by atoms with E-state index in [1.54, 1.807) is 0 Å². The molecule has 0 unspecified atom stereocenters. The zero-order valence-electron chi connectivity index (χ0n) is 4.78. The first kappa shape index (κ1) is 7.31. The molecule has 1 saturated heterocycles. The van der Waals surface area contributed by atoms with Crippen LogP contribution in [0, 0.1) is 0 Å². The van der Waals surface area contributed by atoms with Gasteiger partial charge in [-0.25, -0.2) is 0 Å². The van der Waals surface area contributed by atoms with Crippen molar-refractivity contribution in [2.75, 3.05) is 20.1 Å². The fourth-order valence-electron chi connectivity index (χ4n) is 0.875. The molecule has 0 aromatic rings. The van der Waals surface area contributed by atoms with Crippen molar-refractivity contribution < 1.29 is 0 Å². The standard InChI is InChI=1S/C5H11N.H2S/c1-6-4-2-3-5-6;/h2-5H2,1H3;1H2. The summed E-state index contributed by atoms with van der Waals surface area (Å²) >= 11 is 0. The number of hydrogen-bond acceptors (Lipinski definition) is 1. The van der Waals surface area contributed by atoms with Crippen molar-refractivity contribution in [3.05, 3.63) is 0 Å². The Hall–Kier alpha value is 0.310. The van der Waals surface area contributed by atoms with Crippen molar-refractivity contribution in [1.29, 1.82) is 0 Å². The Labute approximate surface area is 52.1 Å². The molecule has 44 valence electrons. The largest absolute Gasteiger partial charge is 0.306 e. The average Bonchev–Trinajstić information content (AvgIpc) is 1.86. The fraction of sp³-hybridized carbons (Fsp3) is 1.00. The van der Waals surface area contributed by atoms with Crippen LogP contribution >= 0.6 is 13.5 Å². The molecule has 7 heavy (non-hydrogen) atoms. The molecule has 1 aliphatic heterocycles. The van der Waals surface area contributed by atoms with Gasteiger partial charge >= 0.3 is 0 Å². The maximum absolute atomic E-state index is 2.36. The van der Waals surface area contributed by atoms with E-state index >= 15 is 0 Å². The van der Waals surface area contributed by atoms with Crippen molar-refractivity contribution in [1.82, 2.24) is 4.90 Å². The third-order valence-corrected chi connectivity index (χ3v) is 1.33. The van der Waals surface area contributed by atoms with Gasteiger partial charge < -0.3 is 4.90 Å². The summed E-state index contributed by atoms with van der Waals surface area (Å²) in [4.78, 5) is 2.36. The lowest BCUT2D eigenvalue weighted by molar-refractivity contribution is 0.418. The van der Waals surface area contributed by atoms with Crippen LogP contribution in [0.4, 0.5) is 0 Å². The van der Waals surface area contributed by atoms with Crippen LogP contribution in [0.15, 0.2) is 0 Å². The zero-order valence-corrected chi connectivity index (χ0v) is 5.78. The molecule has 0 amide bonds. The van der Waals surface area contributed by atoms with Crippen LogP contribution in [0.2, 0.25) is 0 Å². The lowest BCUT2D eigenvalue weighted by Gasteiger charge is -2.01. The molecule has 1 rings (SSSR count). The average molecular weight is 119 g/mol. The summed E-state index contributed by atoms with van der Waals surface area (Å²) in [6.45, 7) is 2.64. The van der Waals surface area contributed by atoms with E-state index in [-0.39, 0.29) is 13.5 Å². The summed E-state index contributed by atoms with van der Waals surface area (Å²) in [7, 11) is 2.17. The number of nitrogens with zero attached hydrogens (tertiary/aromatic N) is 1. The van der Waals surface area contributed by atoms with Crippen LogP contribution < -0.4 is 0 Å². The maximum Gasteiger partial charge on any atom is -0.00213 e. The Balaban J connectivity index is 0.000000360. The highest BCUT2D eigenvalue weighted by atomic mass is 32.1. The Morgan fingerprint density at radius 3 is 1.71 bits per heavy atom. The van der Waals surface area contributed by atoms with Gasteiger partial charge in [-0.1, -0.05) is 0 Å². The van der Waals surface area contributed by atoms with Gasteiger partial charge in [-0.3, -0.25) is 0 Å². The summed E-state index contributed by atoms with van der Waals surface area (Å²) in [6.07, 6.45) is 2.83. The Kier molecular flexibility index (Phi) is 3.48. The third-order valence-electron chi connectivity index (χ3n) is 1.33. The predicted molar refractivity (Wildman–Crippen MR) is 37.1 cm³/mol. The van der Waals surface area contributed by atoms with Crippen LogP contribution in [0.5, 0.6) is 0 Å². The lowest BCUT2D eigenvalue weighted by atomic mass is 10.4. The molecular weight excluding hydrogens is 106 g/mol. The van der Waals surface area contributed by atoms with Crippen molar-refractivity contribution in [2.45, 2.75) is 12.8 Å². The monoisotopic (exact) mass is 119 g/mol. The summed E-state index contributed by atoms with van der Waals surface area (Å²) in [5.74, 6) is 0. The molecule has 0 atom stereocenters. The van der Waals surface area contributed by atoms with Crippen molar-refractivity contribution in [3.63, 3.8) is 0 Å². The first-order chi connectivity index (χ1) is 2.89. The van der Waals surface area contributed by atoms with E-state index in [0.29, 0.717) is 0 Å². The molecule has 1 nitrogen and oxygen atoms in total. The SMILES string of the molecule is CN1CCCC1.S. The van der Waals surface area contributed by atoms with E-state index in [2.05, 4.69) is 11.9 Å². The zero-order chi connectivity index (χ0) is 4.41. The summed E-state index contributed by atoms with van der Waals surface area (Å²) in [5, 5.41) is 0. The molecule has 0 saturated carbocycles. The van der Waals surface area contributed by atoms with Gasteiger partial charge in [0.1, 0.15) is 0 Å². The molecule has 2 heteroatoms. The van der Waals surface area contributed by atoms with Crippen LogP contribution in [0.1, 0.15) is 12.8 Å². The molecule has 0 radical (unpaired) electrons. The second kappa shape index (κ2) is 3.33. The maximum atomic E-state index is 2.36. The molecule has 0 bridgehead atoms. The van der Waals surface area contributed by atoms with Gasteiger partial charge in [0, 0.05) is 0 Å². The van der Waals surface area contributed by atoms with E-state index in [0.717, 1.165) is 0 Å². The number of likely N-dealkylation sites (tertiary alicyclic amines) is 1. The second-order valence-electron chi connectivity index (χ2n) is 2.01. The summed E-state index contributed by atoms with van der Waals surface area (Å²) in [5.41, 5.74) is 0. The van der Waals surface area contributed by atoms with E-state index in [1.165, 1.54) is 25.9 Å². The Morgan fingerprint density at radius 2 is 1.57 bits per heavy atom. The Bertz CT molecular complexity index is 41.3. The fourth-order valence-corrected chi connectivity index (χ4v) is 0.875. The van der Waals surface area contributed by atoms with E-state index < -0.39 is 0 Å². The minimum Gasteiger partial charge on any atom is -0.306 e. The highest BCUT2D eigenvalue weighted by molar-refractivity contribution is 7.59. The second-order valence-corrected chi connectivity index (χ2v) is 2.01. The third kappa shape index (κ3) is 2.19. The summed E-state index contributed by atoms with van der Waals surface area (Å²) in [6, 6.07) is 0. The van der Waals surface area contributed by atoms with Gasteiger partial charge in [-0.2, -0.15) is 13.5 Å². The van der Waals surface area contributed by atoms with E-state index in [4.69, 9.17) is 0 Å².